The summed E-state index contributed by atoms with van der Waals surface area (Å²) in [6, 6.07) is 15.9. The standard InChI is InChI=1S/C17H10ClN3O/c18-13-7-8-14(16-11(10-19)4-3-5-12(13)16)21-17(22)15-6-1-2-9-20-15/h1-9H,(H,21,22). The summed E-state index contributed by atoms with van der Waals surface area (Å²) in [6.07, 6.45) is 1.55. The topological polar surface area (TPSA) is 65.8 Å². The van der Waals surface area contributed by atoms with Gasteiger partial charge >= 0.3 is 0 Å². The number of carbonyl (C=O) groups is 1. The van der Waals surface area contributed by atoms with Gasteiger partial charge in [0.15, 0.2) is 0 Å². The molecule has 3 aromatic rings. The lowest BCUT2D eigenvalue weighted by molar-refractivity contribution is 0.102. The number of nitrogens with zero attached hydrogens (tertiary/aromatic N) is 2. The quantitative estimate of drug-likeness (QED) is 0.778. The van der Waals surface area contributed by atoms with Crippen LogP contribution in [0.2, 0.25) is 5.02 Å². The molecule has 3 rings (SSSR count). The van der Waals surface area contributed by atoms with E-state index in [0.717, 1.165) is 5.39 Å². The van der Waals surface area contributed by atoms with Crippen molar-refractivity contribution in [2.45, 2.75) is 0 Å². The zero-order valence-electron chi connectivity index (χ0n) is 11.4. The van der Waals surface area contributed by atoms with Crippen LogP contribution in [0.1, 0.15) is 16.1 Å². The van der Waals surface area contributed by atoms with Crippen LogP contribution >= 0.6 is 11.6 Å². The maximum absolute atomic E-state index is 12.3. The van der Waals surface area contributed by atoms with Gasteiger partial charge in [-0.3, -0.25) is 9.78 Å². The van der Waals surface area contributed by atoms with Crippen molar-refractivity contribution >= 4 is 34.0 Å². The highest BCUT2D eigenvalue weighted by Crippen LogP contribution is 2.32. The number of nitrogens with one attached hydrogen (secondary N) is 1. The normalized spacial score (nSPS) is 10.2. The lowest BCUT2D eigenvalue weighted by Gasteiger charge is -2.11. The minimum absolute atomic E-state index is 0.306. The van der Waals surface area contributed by atoms with E-state index >= 15 is 0 Å². The van der Waals surface area contributed by atoms with Crippen molar-refractivity contribution in [1.82, 2.24) is 4.98 Å². The number of hydrogen-bond donors (Lipinski definition) is 1. The Labute approximate surface area is 132 Å². The number of carbonyl (C=O) groups excluding carboxylic acids is 1. The number of amides is 1. The molecule has 0 aliphatic carbocycles. The Morgan fingerprint density at radius 1 is 1.14 bits per heavy atom. The molecule has 22 heavy (non-hydrogen) atoms. The van der Waals surface area contributed by atoms with E-state index < -0.39 is 0 Å². The molecule has 0 atom stereocenters. The maximum Gasteiger partial charge on any atom is 0.274 e. The smallest absolute Gasteiger partial charge is 0.274 e. The fourth-order valence-corrected chi connectivity index (χ4v) is 2.47. The Morgan fingerprint density at radius 2 is 2.00 bits per heavy atom. The number of hydrogen-bond acceptors (Lipinski definition) is 3. The van der Waals surface area contributed by atoms with Gasteiger partial charge in [0.25, 0.3) is 5.91 Å². The van der Waals surface area contributed by atoms with Gasteiger partial charge in [0.1, 0.15) is 5.69 Å². The van der Waals surface area contributed by atoms with Crippen LogP contribution in [0.4, 0.5) is 5.69 Å². The third-order valence-electron chi connectivity index (χ3n) is 3.25. The van der Waals surface area contributed by atoms with E-state index in [9.17, 15) is 10.1 Å². The average molecular weight is 308 g/mol. The molecule has 0 unspecified atom stereocenters. The van der Waals surface area contributed by atoms with Crippen molar-refractivity contribution in [1.29, 1.82) is 5.26 Å². The average Bonchev–Trinajstić information content (AvgIpc) is 2.57. The van der Waals surface area contributed by atoms with E-state index in [-0.39, 0.29) is 5.91 Å². The Bertz CT molecular complexity index is 901. The van der Waals surface area contributed by atoms with Gasteiger partial charge in [0.05, 0.1) is 17.3 Å². The van der Waals surface area contributed by atoms with Crippen LogP contribution in [0.15, 0.2) is 54.7 Å². The number of halogens is 1. The highest BCUT2D eigenvalue weighted by atomic mass is 35.5. The zero-order chi connectivity index (χ0) is 15.5. The lowest BCUT2D eigenvalue weighted by atomic mass is 10.0. The summed E-state index contributed by atoms with van der Waals surface area (Å²) in [5.74, 6) is -0.336. The van der Waals surface area contributed by atoms with Gasteiger partial charge < -0.3 is 5.32 Å². The SMILES string of the molecule is N#Cc1cccc2c(Cl)ccc(NC(=O)c3ccccn3)c12. The lowest BCUT2D eigenvalue weighted by Crippen LogP contribution is -2.13. The number of pyridine rings is 1. The van der Waals surface area contributed by atoms with Crippen LogP contribution in [0.5, 0.6) is 0 Å². The molecule has 0 saturated carbocycles. The largest absolute Gasteiger partial charge is 0.320 e. The molecule has 0 bridgehead atoms. The number of rotatable bonds is 2. The maximum atomic E-state index is 12.3. The Balaban J connectivity index is 2.10. The van der Waals surface area contributed by atoms with Crippen molar-refractivity contribution in [3.63, 3.8) is 0 Å². The van der Waals surface area contributed by atoms with E-state index in [2.05, 4.69) is 16.4 Å². The molecular formula is C17H10ClN3O. The summed E-state index contributed by atoms with van der Waals surface area (Å²) >= 11 is 6.18. The molecule has 0 fully saturated rings. The van der Waals surface area contributed by atoms with E-state index in [1.165, 1.54) is 0 Å². The van der Waals surface area contributed by atoms with Crippen LogP contribution in [-0.4, -0.2) is 10.9 Å². The fourth-order valence-electron chi connectivity index (χ4n) is 2.25. The molecule has 106 valence electrons. The van der Waals surface area contributed by atoms with Crippen LogP contribution in [-0.2, 0) is 0 Å². The van der Waals surface area contributed by atoms with Crippen LogP contribution in [0, 0.1) is 11.3 Å². The van der Waals surface area contributed by atoms with Crippen molar-refractivity contribution in [2.24, 2.45) is 0 Å². The van der Waals surface area contributed by atoms with Crippen molar-refractivity contribution in [3.05, 3.63) is 71.0 Å². The van der Waals surface area contributed by atoms with Gasteiger partial charge in [-0.15, -0.1) is 0 Å². The van der Waals surface area contributed by atoms with Gasteiger partial charge in [-0.2, -0.15) is 5.26 Å². The molecule has 0 aliphatic rings. The monoisotopic (exact) mass is 307 g/mol. The first-order valence-electron chi connectivity index (χ1n) is 6.54. The van der Waals surface area contributed by atoms with E-state index in [1.807, 2.05) is 6.07 Å². The first-order chi connectivity index (χ1) is 10.7. The predicted molar refractivity (Wildman–Crippen MR) is 85.9 cm³/mol. The van der Waals surface area contributed by atoms with E-state index in [0.29, 0.717) is 27.4 Å². The second-order valence-electron chi connectivity index (χ2n) is 4.60. The molecule has 1 aromatic heterocycles. The van der Waals surface area contributed by atoms with Crippen LogP contribution in [0.25, 0.3) is 10.8 Å². The van der Waals surface area contributed by atoms with Gasteiger partial charge in [-0.1, -0.05) is 29.8 Å². The molecule has 0 spiro atoms. The summed E-state index contributed by atoms with van der Waals surface area (Å²) in [4.78, 5) is 16.3. The van der Waals surface area contributed by atoms with Gasteiger partial charge in [0, 0.05) is 22.0 Å². The third-order valence-corrected chi connectivity index (χ3v) is 3.58. The molecule has 4 nitrogen and oxygen atoms in total. The Morgan fingerprint density at radius 3 is 2.73 bits per heavy atom. The molecule has 1 amide bonds. The molecule has 1 N–H and O–H groups in total. The summed E-state index contributed by atoms with van der Waals surface area (Å²) in [6.45, 7) is 0. The minimum atomic E-state index is -0.336. The second kappa shape index (κ2) is 5.84. The summed E-state index contributed by atoms with van der Waals surface area (Å²) in [7, 11) is 0. The Hall–Kier alpha value is -2.90. The van der Waals surface area contributed by atoms with Crippen molar-refractivity contribution in [2.75, 3.05) is 5.32 Å². The number of benzene rings is 2. The number of aromatic nitrogens is 1. The summed E-state index contributed by atoms with van der Waals surface area (Å²) < 4.78 is 0. The predicted octanol–water partition coefficient (Wildman–Crippen LogP) is 4.01. The molecule has 1 heterocycles. The van der Waals surface area contributed by atoms with Gasteiger partial charge in [-0.05, 0) is 30.3 Å². The van der Waals surface area contributed by atoms with Gasteiger partial charge in [-0.25, -0.2) is 0 Å². The molecule has 2 aromatic carbocycles. The van der Waals surface area contributed by atoms with Gasteiger partial charge in [0.2, 0.25) is 0 Å². The number of nitriles is 1. The summed E-state index contributed by atoms with van der Waals surface area (Å²) in [5, 5.41) is 14.0. The van der Waals surface area contributed by atoms with E-state index in [1.54, 1.807) is 48.7 Å². The van der Waals surface area contributed by atoms with E-state index in [4.69, 9.17) is 11.6 Å². The highest BCUT2D eigenvalue weighted by molar-refractivity contribution is 6.36. The first-order valence-corrected chi connectivity index (χ1v) is 6.92. The minimum Gasteiger partial charge on any atom is -0.320 e. The highest BCUT2D eigenvalue weighted by Gasteiger charge is 2.13. The summed E-state index contributed by atoms with van der Waals surface area (Å²) in [5.41, 5.74) is 1.29. The number of anilines is 1. The molecular weight excluding hydrogens is 298 g/mol. The van der Waals surface area contributed by atoms with Crippen LogP contribution < -0.4 is 5.32 Å². The molecule has 0 aliphatic heterocycles. The zero-order valence-corrected chi connectivity index (χ0v) is 12.1. The second-order valence-corrected chi connectivity index (χ2v) is 5.01. The third kappa shape index (κ3) is 2.50. The van der Waals surface area contributed by atoms with Crippen molar-refractivity contribution < 1.29 is 4.79 Å². The first kappa shape index (κ1) is 14.1. The molecule has 5 heteroatoms. The fraction of sp³-hybridized carbons (Fsp3) is 0. The molecule has 0 saturated heterocycles. The Kier molecular flexibility index (Phi) is 3.73. The van der Waals surface area contributed by atoms with Crippen LogP contribution in [0.3, 0.4) is 0 Å². The molecule has 0 radical (unpaired) electrons. The number of fused-ring (bicyclic) bond motifs is 1. The van der Waals surface area contributed by atoms with Crippen molar-refractivity contribution in [3.8, 4) is 6.07 Å².